The Morgan fingerprint density at radius 2 is 2.12 bits per heavy atom. The highest BCUT2D eigenvalue weighted by molar-refractivity contribution is 5.94. The van der Waals surface area contributed by atoms with E-state index < -0.39 is 11.9 Å². The van der Waals surface area contributed by atoms with Crippen molar-refractivity contribution in [3.8, 4) is 5.75 Å². The van der Waals surface area contributed by atoms with Gasteiger partial charge in [-0.3, -0.25) is 4.79 Å². The van der Waals surface area contributed by atoms with Crippen molar-refractivity contribution in [3.05, 3.63) is 30.0 Å². The average Bonchev–Trinajstić information content (AvgIpc) is 2.61. The molecule has 0 fully saturated rings. The summed E-state index contributed by atoms with van der Waals surface area (Å²) < 4.78 is 9.99. The molecular formula is C11H8O5. The molecule has 5 nitrogen and oxygen atoms in total. The molecule has 16 heavy (non-hydrogen) atoms. The lowest BCUT2D eigenvalue weighted by Gasteiger charge is -2.00. The molecule has 0 saturated carbocycles. The molecule has 0 atom stereocenters. The van der Waals surface area contributed by atoms with E-state index in [2.05, 4.69) is 0 Å². The molecule has 0 bridgehead atoms. The molecular weight excluding hydrogens is 212 g/mol. The third-order valence-corrected chi connectivity index (χ3v) is 1.99. The number of ether oxygens (including phenoxy) is 1. The Kier molecular flexibility index (Phi) is 2.36. The first kappa shape index (κ1) is 10.2. The summed E-state index contributed by atoms with van der Waals surface area (Å²) in [6.07, 6.45) is 0. The molecule has 1 aromatic carbocycles. The van der Waals surface area contributed by atoms with Crippen LogP contribution in [0.5, 0.6) is 5.75 Å². The van der Waals surface area contributed by atoms with E-state index in [1.165, 1.54) is 13.0 Å². The molecule has 0 aliphatic rings. The predicted molar refractivity (Wildman–Crippen MR) is 54.5 cm³/mol. The lowest BCUT2D eigenvalue weighted by atomic mass is 10.2. The highest BCUT2D eigenvalue weighted by Gasteiger charge is 2.14. The Hall–Kier alpha value is -2.30. The van der Waals surface area contributed by atoms with Gasteiger partial charge in [-0.15, -0.1) is 0 Å². The second-order valence-corrected chi connectivity index (χ2v) is 3.18. The number of hydrogen-bond acceptors (Lipinski definition) is 4. The summed E-state index contributed by atoms with van der Waals surface area (Å²) in [5.74, 6) is -1.52. The van der Waals surface area contributed by atoms with Crippen LogP contribution in [0.3, 0.4) is 0 Å². The van der Waals surface area contributed by atoms with Gasteiger partial charge in [-0.25, -0.2) is 4.79 Å². The third kappa shape index (κ3) is 1.75. The highest BCUT2D eigenvalue weighted by atomic mass is 16.5. The lowest BCUT2D eigenvalue weighted by Crippen LogP contribution is -2.01. The van der Waals surface area contributed by atoms with E-state index in [9.17, 15) is 9.59 Å². The van der Waals surface area contributed by atoms with Gasteiger partial charge >= 0.3 is 11.9 Å². The van der Waals surface area contributed by atoms with Crippen LogP contribution in [0, 0.1) is 0 Å². The van der Waals surface area contributed by atoms with Crippen LogP contribution in [0.2, 0.25) is 0 Å². The van der Waals surface area contributed by atoms with Crippen LogP contribution in [0.25, 0.3) is 11.0 Å². The minimum Gasteiger partial charge on any atom is -0.475 e. The Balaban J connectivity index is 2.58. The Labute approximate surface area is 90.2 Å². The van der Waals surface area contributed by atoms with Crippen molar-refractivity contribution >= 4 is 22.9 Å². The van der Waals surface area contributed by atoms with Gasteiger partial charge in [0.1, 0.15) is 11.3 Å². The zero-order valence-corrected chi connectivity index (χ0v) is 8.39. The fourth-order valence-corrected chi connectivity index (χ4v) is 1.38. The van der Waals surface area contributed by atoms with Crippen LogP contribution in [-0.2, 0) is 4.79 Å². The number of carboxylic acids is 1. The highest BCUT2D eigenvalue weighted by Crippen LogP contribution is 2.28. The monoisotopic (exact) mass is 220 g/mol. The van der Waals surface area contributed by atoms with Gasteiger partial charge in [-0.2, -0.15) is 0 Å². The van der Waals surface area contributed by atoms with Crippen molar-refractivity contribution in [2.45, 2.75) is 6.92 Å². The van der Waals surface area contributed by atoms with Gasteiger partial charge in [0.05, 0.1) is 5.39 Å². The molecule has 0 unspecified atom stereocenters. The zero-order chi connectivity index (χ0) is 11.7. The Morgan fingerprint density at radius 1 is 1.38 bits per heavy atom. The quantitative estimate of drug-likeness (QED) is 0.619. The molecule has 1 aromatic heterocycles. The van der Waals surface area contributed by atoms with Gasteiger partial charge in [0.25, 0.3) is 0 Å². The SMILES string of the molecule is CC(=O)Oc1cccc2oc(C(=O)O)cc12. The van der Waals surface area contributed by atoms with Crippen molar-refractivity contribution in [1.29, 1.82) is 0 Å². The molecule has 0 spiro atoms. The summed E-state index contributed by atoms with van der Waals surface area (Å²) in [4.78, 5) is 21.5. The number of rotatable bonds is 2. The number of aromatic carboxylic acids is 1. The fourth-order valence-electron chi connectivity index (χ4n) is 1.38. The Morgan fingerprint density at radius 3 is 2.75 bits per heavy atom. The molecule has 2 aromatic rings. The molecule has 2 rings (SSSR count). The van der Waals surface area contributed by atoms with E-state index in [1.54, 1.807) is 18.2 Å². The van der Waals surface area contributed by atoms with Crippen LogP contribution in [0.4, 0.5) is 0 Å². The summed E-state index contributed by atoms with van der Waals surface area (Å²) in [6, 6.07) is 6.13. The van der Waals surface area contributed by atoms with Crippen LogP contribution in [-0.4, -0.2) is 17.0 Å². The summed E-state index contributed by atoms with van der Waals surface area (Å²) in [7, 11) is 0. The van der Waals surface area contributed by atoms with Crippen molar-refractivity contribution in [3.63, 3.8) is 0 Å². The first-order valence-electron chi connectivity index (χ1n) is 4.52. The maximum atomic E-state index is 10.8. The number of benzene rings is 1. The van der Waals surface area contributed by atoms with Gasteiger partial charge in [-0.1, -0.05) is 6.07 Å². The molecule has 0 radical (unpaired) electrons. The van der Waals surface area contributed by atoms with Crippen molar-refractivity contribution in [2.75, 3.05) is 0 Å². The molecule has 1 heterocycles. The van der Waals surface area contributed by atoms with Crippen molar-refractivity contribution in [1.82, 2.24) is 0 Å². The molecule has 0 aliphatic carbocycles. The number of carboxylic acid groups (broad SMARTS) is 1. The number of hydrogen-bond donors (Lipinski definition) is 1. The largest absolute Gasteiger partial charge is 0.475 e. The number of furan rings is 1. The summed E-state index contributed by atoms with van der Waals surface area (Å²) >= 11 is 0. The second-order valence-electron chi connectivity index (χ2n) is 3.18. The first-order chi connectivity index (χ1) is 7.58. The number of fused-ring (bicyclic) bond motifs is 1. The topological polar surface area (TPSA) is 76.7 Å². The van der Waals surface area contributed by atoms with E-state index in [-0.39, 0.29) is 5.76 Å². The maximum absolute atomic E-state index is 10.8. The van der Waals surface area contributed by atoms with Gasteiger partial charge in [0.15, 0.2) is 0 Å². The summed E-state index contributed by atoms with van der Waals surface area (Å²) in [5.41, 5.74) is 0.371. The number of esters is 1. The molecule has 82 valence electrons. The summed E-state index contributed by atoms with van der Waals surface area (Å²) in [6.45, 7) is 1.27. The van der Waals surface area contributed by atoms with Crippen molar-refractivity contribution in [2.24, 2.45) is 0 Å². The smallest absolute Gasteiger partial charge is 0.371 e. The molecule has 1 N–H and O–H groups in total. The predicted octanol–water partition coefficient (Wildman–Crippen LogP) is 2.06. The van der Waals surface area contributed by atoms with Crippen molar-refractivity contribution < 1.29 is 23.8 Å². The number of carbonyl (C=O) groups excluding carboxylic acids is 1. The minimum atomic E-state index is -1.16. The third-order valence-electron chi connectivity index (χ3n) is 1.99. The van der Waals surface area contributed by atoms with Crippen LogP contribution >= 0.6 is 0 Å². The molecule has 0 amide bonds. The molecule has 5 heteroatoms. The van der Waals surface area contributed by atoms with Crippen LogP contribution in [0.15, 0.2) is 28.7 Å². The van der Waals surface area contributed by atoms with Gasteiger partial charge in [-0.05, 0) is 12.1 Å². The van der Waals surface area contributed by atoms with E-state index in [4.69, 9.17) is 14.3 Å². The average molecular weight is 220 g/mol. The lowest BCUT2D eigenvalue weighted by molar-refractivity contribution is -0.131. The fraction of sp³-hybridized carbons (Fsp3) is 0.0909. The molecule has 0 saturated heterocycles. The maximum Gasteiger partial charge on any atom is 0.371 e. The van der Waals surface area contributed by atoms with Crippen LogP contribution in [0.1, 0.15) is 17.5 Å². The molecule has 0 aliphatic heterocycles. The normalized spacial score (nSPS) is 10.3. The number of carbonyl (C=O) groups is 2. The first-order valence-corrected chi connectivity index (χ1v) is 4.52. The van der Waals surface area contributed by atoms with Crippen LogP contribution < -0.4 is 4.74 Å². The van der Waals surface area contributed by atoms with E-state index in [1.807, 2.05) is 0 Å². The van der Waals surface area contributed by atoms with Gasteiger partial charge < -0.3 is 14.3 Å². The van der Waals surface area contributed by atoms with E-state index >= 15 is 0 Å². The zero-order valence-electron chi connectivity index (χ0n) is 8.39. The van der Waals surface area contributed by atoms with E-state index in [0.29, 0.717) is 16.7 Å². The van der Waals surface area contributed by atoms with Gasteiger partial charge in [0, 0.05) is 13.0 Å². The summed E-state index contributed by atoms with van der Waals surface area (Å²) in [5, 5.41) is 9.22. The van der Waals surface area contributed by atoms with Gasteiger partial charge in [0.2, 0.25) is 5.76 Å². The Bertz CT molecular complexity index is 567. The minimum absolute atomic E-state index is 0.186. The van der Waals surface area contributed by atoms with E-state index in [0.717, 1.165) is 0 Å². The standard InChI is InChI=1S/C11H8O5/c1-6(12)15-8-3-2-4-9-7(8)5-10(16-9)11(13)14/h2-5H,1H3,(H,13,14). The second kappa shape index (κ2) is 3.69.